The van der Waals surface area contributed by atoms with E-state index < -0.39 is 23.4 Å². The largest absolute Gasteiger partial charge is 0.435 e. The molecule has 0 aliphatic heterocycles. The van der Waals surface area contributed by atoms with Crippen LogP contribution in [0, 0.1) is 5.82 Å². The Morgan fingerprint density at radius 1 is 1.28 bits per heavy atom. The Hall–Kier alpha value is -1.92. The van der Waals surface area contributed by atoms with E-state index in [0.717, 1.165) is 12.0 Å². The van der Waals surface area contributed by atoms with Gasteiger partial charge in [-0.05, 0) is 18.1 Å². The van der Waals surface area contributed by atoms with E-state index in [-0.39, 0.29) is 5.69 Å². The minimum absolute atomic E-state index is 0.0662. The standard InChI is InChI=1S/C11H9F4N3/c1-2-6-3-4-7(16-5-6)9-8(12)10(18-17-9)11(13,14)15/h3-5H,2H2,1H3,(H,17,18). The fourth-order valence-corrected chi connectivity index (χ4v) is 1.46. The summed E-state index contributed by atoms with van der Waals surface area (Å²) in [4.78, 5) is 3.89. The Kier molecular flexibility index (Phi) is 3.06. The van der Waals surface area contributed by atoms with E-state index in [0.29, 0.717) is 0 Å². The van der Waals surface area contributed by atoms with Crippen molar-refractivity contribution in [3.05, 3.63) is 35.4 Å². The van der Waals surface area contributed by atoms with Crippen LogP contribution in [0.1, 0.15) is 18.2 Å². The van der Waals surface area contributed by atoms with Crippen LogP contribution in [-0.2, 0) is 12.6 Å². The molecule has 0 aliphatic carbocycles. The van der Waals surface area contributed by atoms with Gasteiger partial charge in [-0.2, -0.15) is 18.3 Å². The second-order valence-corrected chi connectivity index (χ2v) is 3.66. The van der Waals surface area contributed by atoms with E-state index in [9.17, 15) is 17.6 Å². The molecule has 0 amide bonds. The van der Waals surface area contributed by atoms with Crippen molar-refractivity contribution in [2.75, 3.05) is 0 Å². The molecule has 2 aromatic heterocycles. The summed E-state index contributed by atoms with van der Waals surface area (Å²) in [5.41, 5.74) is -0.939. The van der Waals surface area contributed by atoms with Crippen molar-refractivity contribution in [2.45, 2.75) is 19.5 Å². The first kappa shape index (κ1) is 12.5. The van der Waals surface area contributed by atoms with Crippen LogP contribution in [0.2, 0.25) is 0 Å². The molecule has 18 heavy (non-hydrogen) atoms. The first-order valence-corrected chi connectivity index (χ1v) is 5.19. The predicted octanol–water partition coefficient (Wildman–Crippen LogP) is 3.19. The number of hydrogen-bond acceptors (Lipinski definition) is 2. The highest BCUT2D eigenvalue weighted by Gasteiger charge is 2.38. The maximum absolute atomic E-state index is 13.5. The minimum Gasteiger partial charge on any atom is -0.270 e. The lowest BCUT2D eigenvalue weighted by Crippen LogP contribution is -2.07. The number of nitrogens with one attached hydrogen (secondary N) is 1. The van der Waals surface area contributed by atoms with Crippen LogP contribution in [0.25, 0.3) is 11.4 Å². The number of aromatic amines is 1. The average molecular weight is 259 g/mol. The third kappa shape index (κ3) is 2.20. The van der Waals surface area contributed by atoms with Crippen molar-refractivity contribution >= 4 is 0 Å². The van der Waals surface area contributed by atoms with Gasteiger partial charge in [0.15, 0.2) is 11.5 Å². The fraction of sp³-hybridized carbons (Fsp3) is 0.273. The van der Waals surface area contributed by atoms with Gasteiger partial charge >= 0.3 is 6.18 Å². The molecule has 3 nitrogen and oxygen atoms in total. The number of hydrogen-bond donors (Lipinski definition) is 1. The molecule has 2 aromatic rings. The number of nitrogens with zero attached hydrogens (tertiary/aromatic N) is 2. The van der Waals surface area contributed by atoms with E-state index in [1.54, 1.807) is 11.2 Å². The summed E-state index contributed by atoms with van der Waals surface area (Å²) in [7, 11) is 0. The fourth-order valence-electron chi connectivity index (χ4n) is 1.46. The Morgan fingerprint density at radius 3 is 2.44 bits per heavy atom. The molecule has 96 valence electrons. The second-order valence-electron chi connectivity index (χ2n) is 3.66. The lowest BCUT2D eigenvalue weighted by molar-refractivity contribution is -0.143. The van der Waals surface area contributed by atoms with Gasteiger partial charge in [-0.1, -0.05) is 13.0 Å². The summed E-state index contributed by atoms with van der Waals surface area (Å²) in [5.74, 6) is -1.43. The molecule has 7 heteroatoms. The first-order valence-electron chi connectivity index (χ1n) is 5.19. The summed E-state index contributed by atoms with van der Waals surface area (Å²) in [5, 5.41) is 4.98. The van der Waals surface area contributed by atoms with Gasteiger partial charge in [0.05, 0.1) is 5.69 Å². The molecule has 2 heterocycles. The maximum atomic E-state index is 13.5. The molecule has 0 aliphatic rings. The van der Waals surface area contributed by atoms with Gasteiger partial charge in [0.1, 0.15) is 5.69 Å². The molecule has 1 N–H and O–H groups in total. The van der Waals surface area contributed by atoms with E-state index in [1.807, 2.05) is 6.92 Å². The van der Waals surface area contributed by atoms with Crippen LogP contribution < -0.4 is 0 Å². The average Bonchev–Trinajstić information content (AvgIpc) is 2.71. The summed E-state index contributed by atoms with van der Waals surface area (Å²) >= 11 is 0. The van der Waals surface area contributed by atoms with E-state index >= 15 is 0 Å². The quantitative estimate of drug-likeness (QED) is 0.841. The zero-order valence-electron chi connectivity index (χ0n) is 9.35. The molecule has 2 rings (SSSR count). The molecular weight excluding hydrogens is 250 g/mol. The van der Waals surface area contributed by atoms with E-state index in [2.05, 4.69) is 10.1 Å². The van der Waals surface area contributed by atoms with E-state index in [1.165, 1.54) is 12.3 Å². The van der Waals surface area contributed by atoms with Gasteiger partial charge in [0.2, 0.25) is 0 Å². The van der Waals surface area contributed by atoms with Crippen molar-refractivity contribution in [3.63, 3.8) is 0 Å². The van der Waals surface area contributed by atoms with Crippen LogP contribution in [-0.4, -0.2) is 15.2 Å². The molecule has 0 bridgehead atoms. The zero-order valence-corrected chi connectivity index (χ0v) is 9.35. The van der Waals surface area contributed by atoms with Gasteiger partial charge in [0, 0.05) is 6.20 Å². The van der Waals surface area contributed by atoms with E-state index in [4.69, 9.17) is 0 Å². The molecule has 0 saturated heterocycles. The highest BCUT2D eigenvalue weighted by Crippen LogP contribution is 2.33. The molecule has 0 spiro atoms. The third-order valence-electron chi connectivity index (χ3n) is 2.47. The molecule has 0 atom stereocenters. The minimum atomic E-state index is -4.79. The molecule has 0 radical (unpaired) electrons. The SMILES string of the molecule is CCc1ccc(-c2n[nH]c(C(F)(F)F)c2F)nc1. The van der Waals surface area contributed by atoms with Crippen LogP contribution >= 0.6 is 0 Å². The highest BCUT2D eigenvalue weighted by molar-refractivity contribution is 5.55. The molecular formula is C11H9F4N3. The van der Waals surface area contributed by atoms with Crippen LogP contribution in [0.15, 0.2) is 18.3 Å². The summed E-state index contributed by atoms with van der Waals surface area (Å²) in [6, 6.07) is 3.11. The summed E-state index contributed by atoms with van der Waals surface area (Å²) in [6.07, 6.45) is -2.57. The monoisotopic (exact) mass is 259 g/mol. The van der Waals surface area contributed by atoms with Crippen molar-refractivity contribution in [2.24, 2.45) is 0 Å². The van der Waals surface area contributed by atoms with Crippen molar-refractivity contribution < 1.29 is 17.6 Å². The molecule has 0 fully saturated rings. The van der Waals surface area contributed by atoms with Crippen LogP contribution in [0.4, 0.5) is 17.6 Å². The third-order valence-corrected chi connectivity index (χ3v) is 2.47. The molecule has 0 aromatic carbocycles. The van der Waals surface area contributed by atoms with Gasteiger partial charge in [-0.15, -0.1) is 0 Å². The van der Waals surface area contributed by atoms with Gasteiger partial charge < -0.3 is 0 Å². The summed E-state index contributed by atoms with van der Waals surface area (Å²) < 4.78 is 50.6. The van der Waals surface area contributed by atoms with Gasteiger partial charge in [-0.25, -0.2) is 4.39 Å². The zero-order chi connectivity index (χ0) is 13.3. The Labute approximate surface area is 99.9 Å². The summed E-state index contributed by atoms with van der Waals surface area (Å²) in [6.45, 7) is 1.91. The molecule has 0 saturated carbocycles. The topological polar surface area (TPSA) is 41.6 Å². The normalized spacial score (nSPS) is 11.8. The Bertz CT molecular complexity index is 542. The predicted molar refractivity (Wildman–Crippen MR) is 56.2 cm³/mol. The smallest absolute Gasteiger partial charge is 0.270 e. The Balaban J connectivity index is 2.42. The molecule has 0 unspecified atom stereocenters. The number of aryl methyl sites for hydroxylation is 1. The van der Waals surface area contributed by atoms with Crippen LogP contribution in [0.3, 0.4) is 0 Å². The number of H-pyrrole nitrogens is 1. The number of pyridine rings is 1. The van der Waals surface area contributed by atoms with Gasteiger partial charge in [0.25, 0.3) is 0 Å². The van der Waals surface area contributed by atoms with Crippen LogP contribution in [0.5, 0.6) is 0 Å². The van der Waals surface area contributed by atoms with Crippen molar-refractivity contribution in [1.82, 2.24) is 15.2 Å². The number of halogens is 4. The Morgan fingerprint density at radius 2 is 2.00 bits per heavy atom. The lowest BCUT2D eigenvalue weighted by atomic mass is 10.2. The number of aromatic nitrogens is 3. The number of alkyl halides is 3. The second kappa shape index (κ2) is 4.40. The van der Waals surface area contributed by atoms with Crippen molar-refractivity contribution in [3.8, 4) is 11.4 Å². The number of rotatable bonds is 2. The first-order chi connectivity index (χ1) is 8.43. The van der Waals surface area contributed by atoms with Crippen molar-refractivity contribution in [1.29, 1.82) is 0 Å². The lowest BCUT2D eigenvalue weighted by Gasteiger charge is -2.02. The maximum Gasteiger partial charge on any atom is 0.435 e. The highest BCUT2D eigenvalue weighted by atomic mass is 19.4. The van der Waals surface area contributed by atoms with Gasteiger partial charge in [-0.3, -0.25) is 10.1 Å².